The predicted molar refractivity (Wildman–Crippen MR) is 57.0 cm³/mol. The number of hydrogen-bond donors (Lipinski definition) is 1. The molecule has 0 fully saturated rings. The first-order valence-electron chi connectivity index (χ1n) is 4.68. The highest BCUT2D eigenvalue weighted by Crippen LogP contribution is 1.99. The molecule has 14 heavy (non-hydrogen) atoms. The molecule has 0 radical (unpaired) electrons. The quantitative estimate of drug-likeness (QED) is 0.369. The van der Waals surface area contributed by atoms with Gasteiger partial charge in [0.25, 0.3) is 0 Å². The maximum Gasteiger partial charge on any atom is 0.157 e. The zero-order valence-electron chi connectivity index (χ0n) is 9.08. The summed E-state index contributed by atoms with van der Waals surface area (Å²) in [5, 5.41) is 9.30. The molecule has 0 saturated heterocycles. The molecule has 0 rings (SSSR count). The van der Waals surface area contributed by atoms with Crippen LogP contribution in [0.5, 0.6) is 0 Å². The summed E-state index contributed by atoms with van der Waals surface area (Å²) < 4.78 is 10.3. The summed E-state index contributed by atoms with van der Waals surface area (Å²) in [7, 11) is 0. The molecule has 0 aromatic heterocycles. The first-order chi connectivity index (χ1) is 6.52. The van der Waals surface area contributed by atoms with Crippen LogP contribution in [-0.4, -0.2) is 31.2 Å². The normalized spacial score (nSPS) is 12.5. The molecule has 0 heterocycles. The average molecular weight is 200 g/mol. The van der Waals surface area contributed by atoms with Crippen LogP contribution < -0.4 is 0 Å². The number of aliphatic hydroxyl groups excluding tert-OH is 1. The Kier molecular flexibility index (Phi) is 7.38. The van der Waals surface area contributed by atoms with Gasteiger partial charge in [-0.2, -0.15) is 0 Å². The van der Waals surface area contributed by atoms with E-state index in [1.54, 1.807) is 0 Å². The molecule has 82 valence electrons. The molecule has 0 aromatic carbocycles. The molecule has 0 bridgehead atoms. The zero-order valence-corrected chi connectivity index (χ0v) is 9.08. The van der Waals surface area contributed by atoms with Gasteiger partial charge in [-0.1, -0.05) is 24.3 Å². The summed E-state index contributed by atoms with van der Waals surface area (Å²) >= 11 is 0. The third-order valence-electron chi connectivity index (χ3n) is 1.38. The van der Waals surface area contributed by atoms with Gasteiger partial charge in [0.2, 0.25) is 0 Å². The van der Waals surface area contributed by atoms with Crippen molar-refractivity contribution < 1.29 is 14.6 Å². The summed E-state index contributed by atoms with van der Waals surface area (Å²) in [5.74, 6) is 0. The van der Waals surface area contributed by atoms with Crippen molar-refractivity contribution >= 4 is 0 Å². The third kappa shape index (κ3) is 9.45. The fourth-order valence-electron chi connectivity index (χ4n) is 0.752. The Morgan fingerprint density at radius 1 is 1.21 bits per heavy atom. The van der Waals surface area contributed by atoms with Gasteiger partial charge in [-0.3, -0.25) is 0 Å². The van der Waals surface area contributed by atoms with E-state index in [-0.39, 0.29) is 0 Å². The molecule has 3 nitrogen and oxygen atoms in total. The van der Waals surface area contributed by atoms with Crippen molar-refractivity contribution in [2.24, 2.45) is 0 Å². The minimum atomic E-state index is -0.767. The minimum absolute atomic E-state index is 0.391. The second-order valence-electron chi connectivity index (χ2n) is 3.52. The van der Waals surface area contributed by atoms with Gasteiger partial charge in [-0.25, -0.2) is 0 Å². The highest BCUT2D eigenvalue weighted by molar-refractivity contribution is 4.88. The van der Waals surface area contributed by atoms with Gasteiger partial charge < -0.3 is 14.6 Å². The van der Waals surface area contributed by atoms with Crippen molar-refractivity contribution in [3.8, 4) is 0 Å². The summed E-state index contributed by atoms with van der Waals surface area (Å²) in [4.78, 5) is 0. The van der Waals surface area contributed by atoms with Crippen LogP contribution in [-0.2, 0) is 9.47 Å². The van der Waals surface area contributed by atoms with E-state index in [0.29, 0.717) is 26.2 Å². The van der Waals surface area contributed by atoms with E-state index in [2.05, 4.69) is 13.2 Å². The molecule has 1 N–H and O–H groups in total. The van der Waals surface area contributed by atoms with Gasteiger partial charge in [0, 0.05) is 6.42 Å². The molecule has 0 saturated carbocycles. The molecule has 0 amide bonds. The zero-order chi connectivity index (χ0) is 11.0. The summed E-state index contributed by atoms with van der Waals surface area (Å²) in [5.41, 5.74) is 1.87. The van der Waals surface area contributed by atoms with Gasteiger partial charge >= 0.3 is 0 Å². The van der Waals surface area contributed by atoms with E-state index in [1.807, 2.05) is 13.8 Å². The number of rotatable bonds is 8. The van der Waals surface area contributed by atoms with E-state index >= 15 is 0 Å². The van der Waals surface area contributed by atoms with Crippen LogP contribution in [0.4, 0.5) is 0 Å². The maximum absolute atomic E-state index is 9.30. The fraction of sp³-hybridized carbons (Fsp3) is 0.636. The molecule has 1 unspecified atom stereocenters. The van der Waals surface area contributed by atoms with Crippen molar-refractivity contribution in [1.29, 1.82) is 0 Å². The second kappa shape index (κ2) is 7.74. The maximum atomic E-state index is 9.30. The lowest BCUT2D eigenvalue weighted by molar-refractivity contribution is -0.104. The van der Waals surface area contributed by atoms with Crippen LogP contribution in [0.15, 0.2) is 24.3 Å². The Labute approximate surface area is 86.0 Å². The fourth-order valence-corrected chi connectivity index (χ4v) is 0.752. The summed E-state index contributed by atoms with van der Waals surface area (Å²) in [6.45, 7) is 12.5. The van der Waals surface area contributed by atoms with E-state index < -0.39 is 6.29 Å². The van der Waals surface area contributed by atoms with Crippen molar-refractivity contribution in [3.63, 3.8) is 0 Å². The standard InChI is InChI=1S/C11H20O3/c1-9(2)7-13-6-5-11(12)14-8-10(3)4/h11-12H,1,3,5-8H2,2,4H3. The van der Waals surface area contributed by atoms with Crippen LogP contribution in [0, 0.1) is 0 Å². The number of hydrogen-bond acceptors (Lipinski definition) is 3. The lowest BCUT2D eigenvalue weighted by Gasteiger charge is -2.11. The average Bonchev–Trinajstić information content (AvgIpc) is 2.08. The van der Waals surface area contributed by atoms with Gasteiger partial charge in [-0.05, 0) is 13.8 Å². The second-order valence-corrected chi connectivity index (χ2v) is 3.52. The Balaban J connectivity index is 3.30. The largest absolute Gasteiger partial charge is 0.377 e. The van der Waals surface area contributed by atoms with Crippen molar-refractivity contribution in [2.45, 2.75) is 26.6 Å². The first kappa shape index (κ1) is 13.4. The predicted octanol–water partition coefficient (Wildman–Crippen LogP) is 1.88. The molecular formula is C11H20O3. The van der Waals surface area contributed by atoms with Crippen LogP contribution >= 0.6 is 0 Å². The van der Waals surface area contributed by atoms with Crippen molar-refractivity contribution in [2.75, 3.05) is 19.8 Å². The highest BCUT2D eigenvalue weighted by Gasteiger charge is 2.03. The number of aliphatic hydroxyl groups is 1. The molecule has 0 spiro atoms. The molecule has 0 aromatic rings. The molecular weight excluding hydrogens is 180 g/mol. The van der Waals surface area contributed by atoms with Crippen molar-refractivity contribution in [3.05, 3.63) is 24.3 Å². The van der Waals surface area contributed by atoms with Crippen LogP contribution in [0.3, 0.4) is 0 Å². The number of ether oxygens (including phenoxy) is 2. The van der Waals surface area contributed by atoms with Gasteiger partial charge in [0.05, 0.1) is 19.8 Å². The Bertz CT molecular complexity index is 187. The van der Waals surface area contributed by atoms with E-state index in [9.17, 15) is 5.11 Å². The summed E-state index contributed by atoms with van der Waals surface area (Å²) in [6.07, 6.45) is -0.294. The topological polar surface area (TPSA) is 38.7 Å². The van der Waals surface area contributed by atoms with E-state index in [0.717, 1.165) is 11.1 Å². The Morgan fingerprint density at radius 3 is 2.29 bits per heavy atom. The first-order valence-corrected chi connectivity index (χ1v) is 4.68. The Hall–Kier alpha value is -0.640. The third-order valence-corrected chi connectivity index (χ3v) is 1.38. The van der Waals surface area contributed by atoms with Gasteiger partial charge in [-0.15, -0.1) is 0 Å². The molecule has 0 aliphatic rings. The molecule has 0 aliphatic heterocycles. The lowest BCUT2D eigenvalue weighted by Crippen LogP contribution is -2.16. The van der Waals surface area contributed by atoms with Gasteiger partial charge in [0.1, 0.15) is 0 Å². The minimum Gasteiger partial charge on any atom is -0.377 e. The lowest BCUT2D eigenvalue weighted by atomic mass is 10.4. The SMILES string of the molecule is C=C(C)COCCC(O)OCC(=C)C. The molecule has 3 heteroatoms. The van der Waals surface area contributed by atoms with Crippen LogP contribution in [0.2, 0.25) is 0 Å². The molecule has 0 aliphatic carbocycles. The summed E-state index contributed by atoms with van der Waals surface area (Å²) in [6, 6.07) is 0. The van der Waals surface area contributed by atoms with Crippen LogP contribution in [0.25, 0.3) is 0 Å². The van der Waals surface area contributed by atoms with E-state index in [4.69, 9.17) is 9.47 Å². The smallest absolute Gasteiger partial charge is 0.157 e. The van der Waals surface area contributed by atoms with E-state index in [1.165, 1.54) is 0 Å². The monoisotopic (exact) mass is 200 g/mol. The highest BCUT2D eigenvalue weighted by atomic mass is 16.6. The van der Waals surface area contributed by atoms with Crippen LogP contribution in [0.1, 0.15) is 20.3 Å². The van der Waals surface area contributed by atoms with Gasteiger partial charge in [0.15, 0.2) is 6.29 Å². The van der Waals surface area contributed by atoms with Crippen molar-refractivity contribution in [1.82, 2.24) is 0 Å². The Morgan fingerprint density at radius 2 is 1.79 bits per heavy atom. The molecule has 1 atom stereocenters.